The lowest BCUT2D eigenvalue weighted by molar-refractivity contribution is -0.158. The number of anilines is 2. The lowest BCUT2D eigenvalue weighted by atomic mass is 10.1. The Morgan fingerprint density at radius 2 is 1.79 bits per heavy atom. The molecule has 3 N–H and O–H groups in total. The van der Waals surface area contributed by atoms with Gasteiger partial charge in [0, 0.05) is 19.3 Å². The first-order valence-electron chi connectivity index (χ1n) is 12.5. The van der Waals surface area contributed by atoms with Crippen molar-refractivity contribution in [2.45, 2.75) is 83.8 Å². The summed E-state index contributed by atoms with van der Waals surface area (Å²) in [7, 11) is -4.42. The number of carbonyl (C=O) groups excluding carboxylic acids is 3. The van der Waals surface area contributed by atoms with Crippen molar-refractivity contribution in [3.05, 3.63) is 6.33 Å². The molecule has 208 valence electrons. The van der Waals surface area contributed by atoms with Crippen LogP contribution in [0.1, 0.15) is 65.5 Å². The average molecular weight is 554 g/mol. The minimum absolute atomic E-state index is 0.00164. The molecule has 0 aliphatic carbocycles. The fraction of sp³-hybridized carbons (Fsp3) is 0.636. The number of imidazole rings is 1. The van der Waals surface area contributed by atoms with Crippen LogP contribution in [0.25, 0.3) is 11.2 Å². The normalized spacial score (nSPS) is 26.6. The van der Waals surface area contributed by atoms with Crippen molar-refractivity contribution in [1.29, 1.82) is 0 Å². The van der Waals surface area contributed by atoms with Crippen LogP contribution in [-0.4, -0.2) is 67.1 Å². The summed E-state index contributed by atoms with van der Waals surface area (Å²) in [5.74, 6) is -1.08. The topological polar surface area (TPSA) is 193 Å². The fourth-order valence-electron chi connectivity index (χ4n) is 4.23. The quantitative estimate of drug-likeness (QED) is 0.287. The number of ether oxygens (including phenoxy) is 2. The van der Waals surface area contributed by atoms with Crippen molar-refractivity contribution in [3.63, 3.8) is 0 Å². The third-order valence-electron chi connectivity index (χ3n) is 5.86. The maximum atomic E-state index is 12.6. The molecular formula is C22H31N6O9P. The predicted octanol–water partition coefficient (Wildman–Crippen LogP) is 2.43. The smallest absolute Gasteiger partial charge is 0.455 e. The van der Waals surface area contributed by atoms with Crippen molar-refractivity contribution in [3.8, 4) is 0 Å². The van der Waals surface area contributed by atoms with E-state index in [4.69, 9.17) is 18.5 Å². The van der Waals surface area contributed by atoms with Crippen molar-refractivity contribution in [2.75, 3.05) is 17.2 Å². The molecule has 0 saturated carbocycles. The molecular weight excluding hydrogens is 523 g/mol. The molecule has 4 heterocycles. The molecule has 2 aliphatic rings. The number of nitrogens with one attached hydrogen (secondary N) is 2. The molecule has 16 heteroatoms. The Balaban J connectivity index is 1.82. The minimum atomic E-state index is -4.42. The zero-order valence-electron chi connectivity index (χ0n) is 21.3. The highest BCUT2D eigenvalue weighted by atomic mass is 31.2. The van der Waals surface area contributed by atoms with Gasteiger partial charge in [0.05, 0.1) is 6.61 Å². The number of phosphoric ester groups is 1. The van der Waals surface area contributed by atoms with Crippen LogP contribution in [0.5, 0.6) is 0 Å². The third-order valence-corrected chi connectivity index (χ3v) is 6.84. The summed E-state index contributed by atoms with van der Waals surface area (Å²) < 4.78 is 35.6. The number of nitrogens with zero attached hydrogens (tertiary/aromatic N) is 4. The number of aromatic nitrogens is 4. The first-order valence-corrected chi connectivity index (χ1v) is 14.0. The second-order valence-electron chi connectivity index (χ2n) is 8.90. The summed E-state index contributed by atoms with van der Waals surface area (Å²) in [4.78, 5) is 60.3. The molecule has 2 fully saturated rings. The predicted molar refractivity (Wildman–Crippen MR) is 132 cm³/mol. The molecule has 2 aromatic rings. The van der Waals surface area contributed by atoms with Crippen LogP contribution in [-0.2, 0) is 37.5 Å². The van der Waals surface area contributed by atoms with E-state index in [1.807, 2.05) is 13.8 Å². The zero-order valence-corrected chi connectivity index (χ0v) is 22.2. The minimum Gasteiger partial charge on any atom is -0.455 e. The Kier molecular flexibility index (Phi) is 8.73. The number of rotatable bonds is 10. The van der Waals surface area contributed by atoms with Gasteiger partial charge in [0.25, 0.3) is 0 Å². The number of esters is 1. The summed E-state index contributed by atoms with van der Waals surface area (Å²) in [5.41, 5.74) is 0.317. The van der Waals surface area contributed by atoms with E-state index in [9.17, 15) is 23.8 Å². The van der Waals surface area contributed by atoms with Gasteiger partial charge in [-0.1, -0.05) is 20.8 Å². The summed E-state index contributed by atoms with van der Waals surface area (Å²) in [6.07, 6.45) is -0.956. The van der Waals surface area contributed by atoms with E-state index in [1.54, 1.807) is 6.92 Å². The van der Waals surface area contributed by atoms with Gasteiger partial charge < -0.3 is 19.7 Å². The molecule has 0 spiro atoms. The van der Waals surface area contributed by atoms with Crippen LogP contribution in [0.3, 0.4) is 0 Å². The van der Waals surface area contributed by atoms with E-state index in [0.29, 0.717) is 19.3 Å². The highest BCUT2D eigenvalue weighted by molar-refractivity contribution is 7.47. The number of hydrogen-bond donors (Lipinski definition) is 3. The van der Waals surface area contributed by atoms with Crippen molar-refractivity contribution in [2.24, 2.45) is 0 Å². The summed E-state index contributed by atoms with van der Waals surface area (Å²) in [5, 5.41) is 5.41. The Morgan fingerprint density at radius 3 is 2.47 bits per heavy atom. The van der Waals surface area contributed by atoms with Crippen LogP contribution < -0.4 is 10.6 Å². The molecule has 4 rings (SSSR count). The lowest BCUT2D eigenvalue weighted by Gasteiger charge is -2.29. The van der Waals surface area contributed by atoms with E-state index in [0.717, 1.165) is 0 Å². The van der Waals surface area contributed by atoms with Crippen LogP contribution in [0.15, 0.2) is 6.33 Å². The Morgan fingerprint density at radius 1 is 1.11 bits per heavy atom. The molecule has 2 amide bonds. The van der Waals surface area contributed by atoms with E-state index < -0.39 is 38.3 Å². The van der Waals surface area contributed by atoms with Gasteiger partial charge in [-0.3, -0.25) is 33.3 Å². The van der Waals surface area contributed by atoms with Crippen molar-refractivity contribution in [1.82, 2.24) is 19.5 Å². The molecule has 0 aromatic carbocycles. The van der Waals surface area contributed by atoms with Gasteiger partial charge in [-0.05, 0) is 19.3 Å². The molecule has 15 nitrogen and oxygen atoms in total. The molecule has 2 aromatic heterocycles. The SMILES string of the molecule is CCCC(=O)Nc1ncnc2c1nc(NC(=O)CCC)n2C1OC2COP(=O)(O)OC2C1OC(=O)CCC. The van der Waals surface area contributed by atoms with Crippen LogP contribution in [0.2, 0.25) is 0 Å². The number of hydrogen-bond acceptors (Lipinski definition) is 11. The summed E-state index contributed by atoms with van der Waals surface area (Å²) in [6, 6.07) is 0. The molecule has 2 saturated heterocycles. The monoisotopic (exact) mass is 554 g/mol. The molecule has 0 bridgehead atoms. The van der Waals surface area contributed by atoms with Crippen molar-refractivity contribution >= 4 is 48.5 Å². The van der Waals surface area contributed by atoms with E-state index in [-0.39, 0.29) is 60.6 Å². The first-order chi connectivity index (χ1) is 18.2. The number of phosphoric acid groups is 1. The third kappa shape index (κ3) is 6.02. The van der Waals surface area contributed by atoms with Gasteiger partial charge in [0.2, 0.25) is 17.8 Å². The maximum Gasteiger partial charge on any atom is 0.472 e. The highest BCUT2D eigenvalue weighted by Gasteiger charge is 2.55. The number of fused-ring (bicyclic) bond motifs is 2. The van der Waals surface area contributed by atoms with E-state index in [2.05, 4.69) is 25.6 Å². The average Bonchev–Trinajstić information content (AvgIpc) is 3.36. The molecule has 2 aliphatic heterocycles. The molecule has 0 radical (unpaired) electrons. The van der Waals surface area contributed by atoms with Crippen LogP contribution in [0, 0.1) is 0 Å². The molecule has 5 unspecified atom stereocenters. The first kappa shape index (κ1) is 28.0. The zero-order chi connectivity index (χ0) is 27.4. The van der Waals surface area contributed by atoms with Gasteiger partial charge in [-0.15, -0.1) is 0 Å². The molecule has 38 heavy (non-hydrogen) atoms. The second-order valence-corrected chi connectivity index (χ2v) is 10.3. The summed E-state index contributed by atoms with van der Waals surface area (Å²) >= 11 is 0. The largest absolute Gasteiger partial charge is 0.472 e. The van der Waals surface area contributed by atoms with Crippen LogP contribution >= 0.6 is 7.82 Å². The number of amides is 2. The van der Waals surface area contributed by atoms with Gasteiger partial charge in [-0.25, -0.2) is 19.5 Å². The van der Waals surface area contributed by atoms with E-state index in [1.165, 1.54) is 10.9 Å². The van der Waals surface area contributed by atoms with Gasteiger partial charge in [-0.2, -0.15) is 0 Å². The highest BCUT2D eigenvalue weighted by Crippen LogP contribution is 2.53. The van der Waals surface area contributed by atoms with Gasteiger partial charge in [0.1, 0.15) is 18.5 Å². The lowest BCUT2D eigenvalue weighted by Crippen LogP contribution is -2.41. The van der Waals surface area contributed by atoms with Gasteiger partial charge >= 0.3 is 13.8 Å². The Hall–Kier alpha value is -2.97. The summed E-state index contributed by atoms with van der Waals surface area (Å²) in [6.45, 7) is 5.21. The second kappa shape index (κ2) is 11.8. The van der Waals surface area contributed by atoms with Crippen LogP contribution in [0.4, 0.5) is 11.8 Å². The Bertz CT molecular complexity index is 1250. The molecule has 5 atom stereocenters. The van der Waals surface area contributed by atoms with E-state index >= 15 is 0 Å². The number of carbonyl (C=O) groups is 3. The maximum absolute atomic E-state index is 12.6. The van der Waals surface area contributed by atoms with Crippen molar-refractivity contribution < 1.29 is 42.4 Å². The Labute approximate surface area is 218 Å². The fourth-order valence-corrected chi connectivity index (χ4v) is 5.19. The van der Waals surface area contributed by atoms with Gasteiger partial charge in [0.15, 0.2) is 29.3 Å². The standard InChI is InChI=1S/C22H31N6O9P/c1-4-7-13(29)25-19-16-20(24-11-23-19)28(22(27-16)26-14(30)8-5-2)21-18(36-15(31)9-6-3)17-12(35-21)10-34-38(32,33)37-17/h11-12,17-18,21H,4-10H2,1-3H3,(H,32,33)(H,26,27,30)(H,23,24,25,29).